The van der Waals surface area contributed by atoms with E-state index in [4.69, 9.17) is 5.73 Å². The Morgan fingerprint density at radius 2 is 1.96 bits per heavy atom. The summed E-state index contributed by atoms with van der Waals surface area (Å²) in [6, 6.07) is 9.99. The first-order valence-electron chi connectivity index (χ1n) is 8.45. The molecule has 0 heterocycles. The number of aryl methyl sites for hydroxylation is 1. The minimum absolute atomic E-state index is 0.0614. The van der Waals surface area contributed by atoms with Gasteiger partial charge in [-0.15, -0.1) is 6.58 Å². The van der Waals surface area contributed by atoms with Crippen LogP contribution in [0, 0.1) is 17.3 Å². The van der Waals surface area contributed by atoms with Gasteiger partial charge in [-0.05, 0) is 36.2 Å². The quantitative estimate of drug-likeness (QED) is 0.646. The number of nitrogens with two attached hydrogens (primary N) is 1. The van der Waals surface area contributed by atoms with E-state index in [-0.39, 0.29) is 11.3 Å². The molecule has 0 aliphatic heterocycles. The van der Waals surface area contributed by atoms with Crippen molar-refractivity contribution < 1.29 is 9.90 Å². The number of primary amides is 1. The van der Waals surface area contributed by atoms with E-state index in [0.717, 1.165) is 24.8 Å². The van der Waals surface area contributed by atoms with Crippen LogP contribution in [0.15, 0.2) is 43.0 Å². The summed E-state index contributed by atoms with van der Waals surface area (Å²) in [5.74, 6) is -0.855. The van der Waals surface area contributed by atoms with Crippen molar-refractivity contribution >= 4 is 5.91 Å². The number of aliphatic hydroxyl groups is 1. The summed E-state index contributed by atoms with van der Waals surface area (Å²) < 4.78 is 0. The number of allylic oxidation sites excluding steroid dienone is 1. The lowest BCUT2D eigenvalue weighted by atomic mass is 9.73. The number of carbonyl (C=O) groups is 1. The van der Waals surface area contributed by atoms with Gasteiger partial charge in [-0.25, -0.2) is 0 Å². The maximum absolute atomic E-state index is 12.0. The summed E-state index contributed by atoms with van der Waals surface area (Å²) in [5, 5.41) is 10.6. The van der Waals surface area contributed by atoms with Gasteiger partial charge < -0.3 is 10.8 Å². The zero-order chi connectivity index (χ0) is 17.5. The summed E-state index contributed by atoms with van der Waals surface area (Å²) >= 11 is 0. The predicted octanol–water partition coefficient (Wildman–Crippen LogP) is 3.71. The van der Waals surface area contributed by atoms with Crippen LogP contribution in [0.4, 0.5) is 0 Å². The van der Waals surface area contributed by atoms with Gasteiger partial charge in [-0.3, -0.25) is 4.79 Å². The normalized spacial score (nSPS) is 15.7. The van der Waals surface area contributed by atoms with Crippen LogP contribution in [0.1, 0.15) is 45.6 Å². The third-order valence-electron chi connectivity index (χ3n) is 4.69. The summed E-state index contributed by atoms with van der Waals surface area (Å²) in [4.78, 5) is 12.0. The molecule has 0 aliphatic rings. The van der Waals surface area contributed by atoms with E-state index in [1.165, 1.54) is 0 Å². The Labute approximate surface area is 140 Å². The highest BCUT2D eigenvalue weighted by molar-refractivity contribution is 5.77. The van der Waals surface area contributed by atoms with Gasteiger partial charge in [0.15, 0.2) is 0 Å². The molecule has 1 unspecified atom stereocenters. The first kappa shape index (κ1) is 19.4. The maximum Gasteiger partial charge on any atom is 0.223 e. The molecule has 0 aromatic heterocycles. The van der Waals surface area contributed by atoms with Crippen LogP contribution in [0.2, 0.25) is 0 Å². The average Bonchev–Trinajstić information content (AvgIpc) is 2.52. The number of carbonyl (C=O) groups excluding carboxylic acids is 1. The van der Waals surface area contributed by atoms with Crippen LogP contribution in [-0.4, -0.2) is 17.1 Å². The molecule has 1 amide bonds. The largest absolute Gasteiger partial charge is 0.392 e. The number of benzene rings is 1. The third-order valence-corrected chi connectivity index (χ3v) is 4.69. The van der Waals surface area contributed by atoms with Crippen molar-refractivity contribution in [2.75, 3.05) is 0 Å². The summed E-state index contributed by atoms with van der Waals surface area (Å²) in [6.07, 6.45) is 4.09. The van der Waals surface area contributed by atoms with Crippen LogP contribution in [0.3, 0.4) is 0 Å². The molecule has 0 bridgehead atoms. The van der Waals surface area contributed by atoms with Crippen molar-refractivity contribution in [1.82, 2.24) is 0 Å². The van der Waals surface area contributed by atoms with Gasteiger partial charge in [-0.2, -0.15) is 0 Å². The number of hydrogen-bond acceptors (Lipinski definition) is 2. The molecular weight excluding hydrogens is 286 g/mol. The standard InChI is InChI=1S/C20H31NO2/c1-5-16(14-20(3,4)6-2)18(19(21)23)17(22)13-12-15-10-8-7-9-11-15/h6-11,16-18,22H,2,5,12-14H2,1,3-4H3,(H2,21,23)/t16-,17+,18?/m0/s1. The summed E-state index contributed by atoms with van der Waals surface area (Å²) in [7, 11) is 0. The molecule has 0 spiro atoms. The van der Waals surface area contributed by atoms with Crippen LogP contribution >= 0.6 is 0 Å². The number of aliphatic hydroxyl groups excluding tert-OH is 1. The van der Waals surface area contributed by atoms with Crippen molar-refractivity contribution in [2.24, 2.45) is 23.0 Å². The van der Waals surface area contributed by atoms with Crippen LogP contribution in [-0.2, 0) is 11.2 Å². The van der Waals surface area contributed by atoms with E-state index >= 15 is 0 Å². The second-order valence-electron chi connectivity index (χ2n) is 7.08. The van der Waals surface area contributed by atoms with Gasteiger partial charge in [0.1, 0.15) is 0 Å². The minimum atomic E-state index is -0.710. The number of rotatable bonds is 10. The van der Waals surface area contributed by atoms with E-state index in [9.17, 15) is 9.90 Å². The molecule has 3 atom stereocenters. The van der Waals surface area contributed by atoms with Gasteiger partial charge >= 0.3 is 0 Å². The molecular formula is C20H31NO2. The van der Waals surface area contributed by atoms with E-state index in [1.54, 1.807) is 0 Å². The Balaban J connectivity index is 2.78. The molecule has 0 saturated carbocycles. The molecule has 0 aliphatic carbocycles. The fourth-order valence-corrected chi connectivity index (χ4v) is 3.16. The number of amides is 1. The van der Waals surface area contributed by atoms with Crippen LogP contribution in [0.5, 0.6) is 0 Å². The smallest absolute Gasteiger partial charge is 0.223 e. The Morgan fingerprint density at radius 3 is 2.43 bits per heavy atom. The Hall–Kier alpha value is -1.61. The molecule has 0 fully saturated rings. The lowest BCUT2D eigenvalue weighted by Gasteiger charge is -2.33. The van der Waals surface area contributed by atoms with E-state index in [1.807, 2.05) is 43.3 Å². The first-order chi connectivity index (χ1) is 10.8. The molecule has 3 heteroatoms. The zero-order valence-corrected chi connectivity index (χ0v) is 14.7. The first-order valence-corrected chi connectivity index (χ1v) is 8.45. The average molecular weight is 317 g/mol. The molecule has 128 valence electrons. The van der Waals surface area contributed by atoms with Crippen molar-refractivity contribution in [3.05, 3.63) is 48.6 Å². The van der Waals surface area contributed by atoms with Crippen molar-refractivity contribution in [2.45, 2.75) is 52.6 Å². The molecule has 3 N–H and O–H groups in total. The second kappa shape index (κ2) is 8.88. The van der Waals surface area contributed by atoms with Crippen molar-refractivity contribution in [3.8, 4) is 0 Å². The maximum atomic E-state index is 12.0. The molecule has 1 rings (SSSR count). The van der Waals surface area contributed by atoms with E-state index in [2.05, 4.69) is 20.4 Å². The van der Waals surface area contributed by atoms with Crippen molar-refractivity contribution in [1.29, 1.82) is 0 Å². The van der Waals surface area contributed by atoms with E-state index in [0.29, 0.717) is 6.42 Å². The summed E-state index contributed by atoms with van der Waals surface area (Å²) in [5.41, 5.74) is 6.70. The molecule has 1 aromatic carbocycles. The second-order valence-corrected chi connectivity index (χ2v) is 7.08. The third kappa shape index (κ3) is 6.19. The van der Waals surface area contributed by atoms with Gasteiger partial charge in [0.2, 0.25) is 5.91 Å². The van der Waals surface area contributed by atoms with Crippen molar-refractivity contribution in [3.63, 3.8) is 0 Å². The number of hydrogen-bond donors (Lipinski definition) is 2. The molecule has 3 nitrogen and oxygen atoms in total. The topological polar surface area (TPSA) is 63.3 Å². The highest BCUT2D eigenvalue weighted by Crippen LogP contribution is 2.34. The lowest BCUT2D eigenvalue weighted by molar-refractivity contribution is -0.128. The van der Waals surface area contributed by atoms with Crippen LogP contribution in [0.25, 0.3) is 0 Å². The SMILES string of the molecule is C=CC(C)(C)C[C@H](CC)C(C(N)=O)[C@H](O)CCc1ccccc1. The summed E-state index contributed by atoms with van der Waals surface area (Å²) in [6.45, 7) is 10.1. The fraction of sp³-hybridized carbons (Fsp3) is 0.550. The Morgan fingerprint density at radius 1 is 1.35 bits per heavy atom. The Kier molecular flexibility index (Phi) is 7.50. The van der Waals surface area contributed by atoms with E-state index < -0.39 is 17.9 Å². The highest BCUT2D eigenvalue weighted by Gasteiger charge is 2.34. The van der Waals surface area contributed by atoms with Gasteiger partial charge in [0.25, 0.3) is 0 Å². The lowest BCUT2D eigenvalue weighted by Crippen LogP contribution is -2.40. The van der Waals surface area contributed by atoms with Gasteiger partial charge in [-0.1, -0.05) is 63.6 Å². The zero-order valence-electron chi connectivity index (χ0n) is 14.7. The fourth-order valence-electron chi connectivity index (χ4n) is 3.16. The molecule has 0 saturated heterocycles. The predicted molar refractivity (Wildman–Crippen MR) is 95.8 cm³/mol. The van der Waals surface area contributed by atoms with Gasteiger partial charge in [0, 0.05) is 0 Å². The minimum Gasteiger partial charge on any atom is -0.392 e. The Bertz CT molecular complexity index is 496. The molecule has 0 radical (unpaired) electrons. The monoisotopic (exact) mass is 317 g/mol. The van der Waals surface area contributed by atoms with Gasteiger partial charge in [0.05, 0.1) is 12.0 Å². The molecule has 23 heavy (non-hydrogen) atoms. The molecule has 1 aromatic rings. The highest BCUT2D eigenvalue weighted by atomic mass is 16.3. The van der Waals surface area contributed by atoms with Crippen LogP contribution < -0.4 is 5.73 Å².